The molecule has 0 aliphatic rings. The molecule has 0 spiro atoms. The zero-order valence-corrected chi connectivity index (χ0v) is 19.0. The molecule has 0 radical (unpaired) electrons. The number of hydrogen-bond acceptors (Lipinski definition) is 4. The van der Waals surface area contributed by atoms with Gasteiger partial charge in [0.25, 0.3) is 0 Å². The van der Waals surface area contributed by atoms with E-state index in [2.05, 4.69) is 13.0 Å². The summed E-state index contributed by atoms with van der Waals surface area (Å²) >= 11 is 0. The number of nitriles is 1. The van der Waals surface area contributed by atoms with Crippen LogP contribution in [0.2, 0.25) is 0 Å². The maximum atomic E-state index is 12.9. The molecule has 0 N–H and O–H groups in total. The van der Waals surface area contributed by atoms with E-state index in [0.717, 1.165) is 29.5 Å². The smallest absolute Gasteiger partial charge is 0.311 e. The van der Waals surface area contributed by atoms with E-state index in [-0.39, 0.29) is 11.9 Å². The van der Waals surface area contributed by atoms with Gasteiger partial charge in [0.05, 0.1) is 24.2 Å². The number of nitrogens with zero attached hydrogens (tertiary/aromatic N) is 2. The zero-order chi connectivity index (χ0) is 22.9. The summed E-state index contributed by atoms with van der Waals surface area (Å²) in [6.07, 6.45) is 2.69. The highest BCUT2D eigenvalue weighted by atomic mass is 16.5. The standard InChI is InChI=1S/C26H32N2O3/c1-5-6-17-28(24(29)15-16-26(2,3)25(30)31-4)19-20-11-13-21(14-12-20)23-10-8-7-9-22(23)18-27/h7-14H,5-6,15-17,19H2,1-4H3. The molecule has 5 nitrogen and oxygen atoms in total. The van der Waals surface area contributed by atoms with Crippen LogP contribution in [0.1, 0.15) is 57.6 Å². The largest absolute Gasteiger partial charge is 0.469 e. The van der Waals surface area contributed by atoms with Gasteiger partial charge >= 0.3 is 5.97 Å². The topological polar surface area (TPSA) is 70.4 Å². The van der Waals surface area contributed by atoms with Crippen LogP contribution >= 0.6 is 0 Å². The van der Waals surface area contributed by atoms with Crippen LogP contribution in [0.5, 0.6) is 0 Å². The Kier molecular flexibility index (Phi) is 8.81. The van der Waals surface area contributed by atoms with Gasteiger partial charge in [-0.25, -0.2) is 0 Å². The molecule has 0 atom stereocenters. The Hall–Kier alpha value is -3.13. The minimum atomic E-state index is -0.684. The first-order chi connectivity index (χ1) is 14.8. The Morgan fingerprint density at radius 1 is 1.10 bits per heavy atom. The van der Waals surface area contributed by atoms with Crippen LogP contribution < -0.4 is 0 Å². The number of ether oxygens (including phenoxy) is 1. The van der Waals surface area contributed by atoms with Crippen molar-refractivity contribution in [3.63, 3.8) is 0 Å². The quantitative estimate of drug-likeness (QED) is 0.487. The molecule has 2 aromatic rings. The second-order valence-corrected chi connectivity index (χ2v) is 8.40. The number of hydrogen-bond donors (Lipinski definition) is 0. The first-order valence-electron chi connectivity index (χ1n) is 10.8. The van der Waals surface area contributed by atoms with Gasteiger partial charge in [-0.05, 0) is 49.4 Å². The van der Waals surface area contributed by atoms with Crippen molar-refractivity contribution in [2.45, 2.75) is 53.0 Å². The number of methoxy groups -OCH3 is 1. The number of unbranched alkanes of at least 4 members (excludes halogenated alkanes) is 1. The van der Waals surface area contributed by atoms with Crippen LogP contribution in [0.15, 0.2) is 48.5 Å². The lowest BCUT2D eigenvalue weighted by molar-refractivity contribution is -0.151. The second kappa shape index (κ2) is 11.3. The van der Waals surface area contributed by atoms with E-state index < -0.39 is 5.41 Å². The lowest BCUT2D eigenvalue weighted by Crippen LogP contribution is -2.33. The molecule has 5 heteroatoms. The Balaban J connectivity index is 2.10. The third-order valence-corrected chi connectivity index (χ3v) is 5.52. The van der Waals surface area contributed by atoms with E-state index in [4.69, 9.17) is 4.74 Å². The molecular weight excluding hydrogens is 388 g/mol. The van der Waals surface area contributed by atoms with Crippen molar-refractivity contribution in [2.24, 2.45) is 5.41 Å². The SMILES string of the molecule is CCCCN(Cc1ccc(-c2ccccc2C#N)cc1)C(=O)CCC(C)(C)C(=O)OC. The molecule has 0 bridgehead atoms. The molecule has 164 valence electrons. The molecule has 31 heavy (non-hydrogen) atoms. The summed E-state index contributed by atoms with van der Waals surface area (Å²) in [5.41, 5.74) is 2.88. The van der Waals surface area contributed by atoms with E-state index in [1.807, 2.05) is 53.4 Å². The normalized spacial score (nSPS) is 10.9. The Morgan fingerprint density at radius 2 is 1.77 bits per heavy atom. The molecule has 0 heterocycles. The third-order valence-electron chi connectivity index (χ3n) is 5.52. The van der Waals surface area contributed by atoms with Crippen molar-refractivity contribution in [1.82, 2.24) is 4.90 Å². The van der Waals surface area contributed by atoms with Crippen molar-refractivity contribution >= 4 is 11.9 Å². The van der Waals surface area contributed by atoms with Crippen molar-refractivity contribution in [2.75, 3.05) is 13.7 Å². The number of carbonyl (C=O) groups excluding carboxylic acids is 2. The summed E-state index contributed by atoms with van der Waals surface area (Å²) in [6, 6.07) is 17.8. The highest BCUT2D eigenvalue weighted by molar-refractivity contribution is 5.79. The summed E-state index contributed by atoms with van der Waals surface area (Å²) in [7, 11) is 1.37. The first-order valence-corrected chi connectivity index (χ1v) is 10.8. The number of esters is 1. The van der Waals surface area contributed by atoms with Crippen LogP contribution in [0.4, 0.5) is 0 Å². The number of amides is 1. The van der Waals surface area contributed by atoms with Crippen LogP contribution in [0.25, 0.3) is 11.1 Å². The highest BCUT2D eigenvalue weighted by Gasteiger charge is 2.30. The van der Waals surface area contributed by atoms with E-state index in [0.29, 0.717) is 31.5 Å². The van der Waals surface area contributed by atoms with Gasteiger partial charge < -0.3 is 9.64 Å². The highest BCUT2D eigenvalue weighted by Crippen LogP contribution is 2.26. The lowest BCUT2D eigenvalue weighted by Gasteiger charge is -2.26. The molecule has 0 aliphatic carbocycles. The molecule has 0 aliphatic heterocycles. The van der Waals surface area contributed by atoms with Crippen LogP contribution in [0.3, 0.4) is 0 Å². The molecule has 0 fully saturated rings. The molecule has 0 unspecified atom stereocenters. The summed E-state index contributed by atoms with van der Waals surface area (Å²) in [5.74, 6) is -0.252. The van der Waals surface area contributed by atoms with Gasteiger partial charge in [-0.15, -0.1) is 0 Å². The average molecular weight is 421 g/mol. The van der Waals surface area contributed by atoms with Gasteiger partial charge in [0.2, 0.25) is 5.91 Å². The van der Waals surface area contributed by atoms with Crippen molar-refractivity contribution in [3.8, 4) is 17.2 Å². The van der Waals surface area contributed by atoms with Gasteiger partial charge in [-0.2, -0.15) is 5.26 Å². The van der Waals surface area contributed by atoms with Crippen LogP contribution in [-0.4, -0.2) is 30.4 Å². The Bertz CT molecular complexity index is 926. The summed E-state index contributed by atoms with van der Waals surface area (Å²) in [6.45, 7) is 6.93. The zero-order valence-electron chi connectivity index (χ0n) is 19.0. The van der Waals surface area contributed by atoms with E-state index in [1.165, 1.54) is 7.11 Å². The summed E-state index contributed by atoms with van der Waals surface area (Å²) in [4.78, 5) is 26.7. The molecular formula is C26H32N2O3. The number of rotatable bonds is 10. The predicted molar refractivity (Wildman–Crippen MR) is 122 cm³/mol. The van der Waals surface area contributed by atoms with E-state index in [1.54, 1.807) is 13.8 Å². The van der Waals surface area contributed by atoms with Gasteiger partial charge in [0, 0.05) is 19.5 Å². The minimum Gasteiger partial charge on any atom is -0.469 e. The molecule has 0 saturated carbocycles. The monoisotopic (exact) mass is 420 g/mol. The van der Waals surface area contributed by atoms with Gasteiger partial charge in [0.15, 0.2) is 0 Å². The van der Waals surface area contributed by atoms with Gasteiger partial charge in [0.1, 0.15) is 0 Å². The number of benzene rings is 2. The van der Waals surface area contributed by atoms with Crippen LogP contribution in [-0.2, 0) is 20.9 Å². The summed E-state index contributed by atoms with van der Waals surface area (Å²) in [5, 5.41) is 9.33. The fraction of sp³-hybridized carbons (Fsp3) is 0.423. The maximum absolute atomic E-state index is 12.9. The first kappa shape index (κ1) is 24.1. The van der Waals surface area contributed by atoms with Crippen molar-refractivity contribution < 1.29 is 14.3 Å². The predicted octanol–water partition coefficient (Wildman–Crippen LogP) is 5.33. The average Bonchev–Trinajstić information content (AvgIpc) is 2.80. The maximum Gasteiger partial charge on any atom is 0.311 e. The minimum absolute atomic E-state index is 0.0457. The van der Waals surface area contributed by atoms with Crippen LogP contribution in [0, 0.1) is 16.7 Å². The fourth-order valence-electron chi connectivity index (χ4n) is 3.44. The third kappa shape index (κ3) is 6.68. The Morgan fingerprint density at radius 3 is 2.39 bits per heavy atom. The van der Waals surface area contributed by atoms with E-state index in [9.17, 15) is 14.9 Å². The van der Waals surface area contributed by atoms with Gasteiger partial charge in [-0.1, -0.05) is 55.8 Å². The van der Waals surface area contributed by atoms with Crippen molar-refractivity contribution in [3.05, 3.63) is 59.7 Å². The van der Waals surface area contributed by atoms with Gasteiger partial charge in [-0.3, -0.25) is 9.59 Å². The fourth-order valence-corrected chi connectivity index (χ4v) is 3.44. The number of carbonyl (C=O) groups is 2. The second-order valence-electron chi connectivity index (χ2n) is 8.40. The molecule has 0 aromatic heterocycles. The Labute approximate surface area is 185 Å². The van der Waals surface area contributed by atoms with Crippen molar-refractivity contribution in [1.29, 1.82) is 5.26 Å². The lowest BCUT2D eigenvalue weighted by atomic mass is 9.87. The molecule has 1 amide bonds. The van der Waals surface area contributed by atoms with E-state index >= 15 is 0 Å². The molecule has 0 saturated heterocycles. The molecule has 2 rings (SSSR count). The molecule has 2 aromatic carbocycles. The summed E-state index contributed by atoms with van der Waals surface area (Å²) < 4.78 is 4.85.